The van der Waals surface area contributed by atoms with Gasteiger partial charge in [-0.15, -0.1) is 11.3 Å². The SMILES string of the molecule is CC[C@@H](C)[C@H](NC(=O)NCc1cccs1)C(=O)OC. The number of carbonyl (C=O) groups is 2. The second-order valence-electron chi connectivity index (χ2n) is 4.29. The first-order valence-electron chi connectivity index (χ1n) is 6.23. The lowest BCUT2D eigenvalue weighted by Gasteiger charge is -2.21. The molecule has 0 spiro atoms. The minimum Gasteiger partial charge on any atom is -0.467 e. The number of amides is 2. The third-order valence-corrected chi connectivity index (χ3v) is 3.83. The fourth-order valence-corrected chi connectivity index (χ4v) is 2.21. The monoisotopic (exact) mass is 284 g/mol. The van der Waals surface area contributed by atoms with Crippen molar-refractivity contribution in [3.05, 3.63) is 22.4 Å². The number of hydrogen-bond donors (Lipinski definition) is 2. The Morgan fingerprint density at radius 1 is 1.47 bits per heavy atom. The van der Waals surface area contributed by atoms with Gasteiger partial charge in [0.2, 0.25) is 0 Å². The number of esters is 1. The lowest BCUT2D eigenvalue weighted by molar-refractivity contribution is -0.144. The fraction of sp³-hybridized carbons (Fsp3) is 0.538. The van der Waals surface area contributed by atoms with Crippen LogP contribution in [0.1, 0.15) is 25.1 Å². The first-order valence-corrected chi connectivity index (χ1v) is 7.11. The van der Waals surface area contributed by atoms with E-state index < -0.39 is 12.0 Å². The Hall–Kier alpha value is -1.56. The molecule has 106 valence electrons. The van der Waals surface area contributed by atoms with Crippen LogP contribution in [-0.2, 0) is 16.1 Å². The van der Waals surface area contributed by atoms with Gasteiger partial charge in [-0.3, -0.25) is 0 Å². The summed E-state index contributed by atoms with van der Waals surface area (Å²) in [5.74, 6) is -0.388. The summed E-state index contributed by atoms with van der Waals surface area (Å²) in [6.45, 7) is 4.32. The topological polar surface area (TPSA) is 67.4 Å². The van der Waals surface area contributed by atoms with Crippen LogP contribution < -0.4 is 10.6 Å². The van der Waals surface area contributed by atoms with Crippen LogP contribution in [0.3, 0.4) is 0 Å². The number of urea groups is 1. The zero-order chi connectivity index (χ0) is 14.3. The molecule has 2 N–H and O–H groups in total. The number of carbonyl (C=O) groups excluding carboxylic acids is 2. The minimum absolute atomic E-state index is 0.0277. The highest BCUT2D eigenvalue weighted by atomic mass is 32.1. The lowest BCUT2D eigenvalue weighted by Crippen LogP contribution is -2.49. The molecule has 6 heteroatoms. The van der Waals surface area contributed by atoms with Crippen LogP contribution in [-0.4, -0.2) is 25.2 Å². The third-order valence-electron chi connectivity index (χ3n) is 2.96. The average molecular weight is 284 g/mol. The number of nitrogens with one attached hydrogen (secondary N) is 2. The van der Waals surface area contributed by atoms with Gasteiger partial charge in [0.25, 0.3) is 0 Å². The smallest absolute Gasteiger partial charge is 0.328 e. The molecule has 1 aromatic rings. The van der Waals surface area contributed by atoms with Gasteiger partial charge in [0.1, 0.15) is 6.04 Å². The van der Waals surface area contributed by atoms with E-state index in [4.69, 9.17) is 4.74 Å². The number of ether oxygens (including phenoxy) is 1. The van der Waals surface area contributed by atoms with Crippen molar-refractivity contribution in [2.45, 2.75) is 32.9 Å². The predicted octanol–water partition coefficient (Wildman–Crippen LogP) is 2.13. The van der Waals surface area contributed by atoms with Crippen LogP contribution in [0.25, 0.3) is 0 Å². The molecule has 0 aliphatic carbocycles. The standard InChI is InChI=1S/C13H20N2O3S/c1-4-9(2)11(12(16)18-3)15-13(17)14-8-10-6-5-7-19-10/h5-7,9,11H,4,8H2,1-3H3,(H2,14,15,17)/t9-,11+/m1/s1. The van der Waals surface area contributed by atoms with E-state index in [-0.39, 0.29) is 11.9 Å². The molecule has 0 fully saturated rings. The molecule has 1 rings (SSSR count). The van der Waals surface area contributed by atoms with Gasteiger partial charge in [-0.05, 0) is 17.4 Å². The quantitative estimate of drug-likeness (QED) is 0.786. The van der Waals surface area contributed by atoms with Gasteiger partial charge in [-0.1, -0.05) is 26.3 Å². The van der Waals surface area contributed by atoms with E-state index in [2.05, 4.69) is 10.6 Å². The Balaban J connectivity index is 2.48. The summed E-state index contributed by atoms with van der Waals surface area (Å²) in [6.07, 6.45) is 0.783. The highest BCUT2D eigenvalue weighted by Crippen LogP contribution is 2.10. The summed E-state index contributed by atoms with van der Waals surface area (Å²) in [5.41, 5.74) is 0. The van der Waals surface area contributed by atoms with Crippen molar-refractivity contribution in [3.8, 4) is 0 Å². The highest BCUT2D eigenvalue weighted by molar-refractivity contribution is 7.09. The van der Waals surface area contributed by atoms with Crippen molar-refractivity contribution < 1.29 is 14.3 Å². The summed E-state index contributed by atoms with van der Waals surface area (Å²) in [5, 5.41) is 7.34. The molecule has 1 heterocycles. The summed E-state index contributed by atoms with van der Waals surface area (Å²) in [4.78, 5) is 24.4. The van der Waals surface area contributed by atoms with Gasteiger partial charge in [0, 0.05) is 4.88 Å². The minimum atomic E-state index is -0.613. The van der Waals surface area contributed by atoms with Crippen LogP contribution in [0.2, 0.25) is 0 Å². The lowest BCUT2D eigenvalue weighted by atomic mass is 9.99. The summed E-state index contributed by atoms with van der Waals surface area (Å²) >= 11 is 1.57. The zero-order valence-corrected chi connectivity index (χ0v) is 12.3. The van der Waals surface area contributed by atoms with E-state index in [0.717, 1.165) is 11.3 Å². The van der Waals surface area contributed by atoms with Gasteiger partial charge < -0.3 is 15.4 Å². The normalized spacial score (nSPS) is 13.4. The van der Waals surface area contributed by atoms with E-state index in [1.807, 2.05) is 31.4 Å². The number of rotatable bonds is 6. The Morgan fingerprint density at radius 2 is 2.21 bits per heavy atom. The molecule has 1 aromatic heterocycles. The van der Waals surface area contributed by atoms with Gasteiger partial charge >= 0.3 is 12.0 Å². The van der Waals surface area contributed by atoms with Gasteiger partial charge in [-0.2, -0.15) is 0 Å². The van der Waals surface area contributed by atoms with Crippen LogP contribution in [0.4, 0.5) is 4.79 Å². The highest BCUT2D eigenvalue weighted by Gasteiger charge is 2.26. The molecule has 0 unspecified atom stereocenters. The largest absolute Gasteiger partial charge is 0.467 e. The molecular weight excluding hydrogens is 264 g/mol. The number of methoxy groups -OCH3 is 1. The third kappa shape index (κ3) is 4.90. The summed E-state index contributed by atoms with van der Waals surface area (Å²) < 4.78 is 4.71. The van der Waals surface area contributed by atoms with Crippen molar-refractivity contribution >= 4 is 23.3 Å². The van der Waals surface area contributed by atoms with Crippen molar-refractivity contribution in [2.24, 2.45) is 5.92 Å². The van der Waals surface area contributed by atoms with Crippen molar-refractivity contribution in [1.29, 1.82) is 0 Å². The maximum absolute atomic E-state index is 11.8. The zero-order valence-electron chi connectivity index (χ0n) is 11.4. The molecule has 0 saturated heterocycles. The summed E-state index contributed by atoms with van der Waals surface area (Å²) in [7, 11) is 1.32. The molecule has 2 amide bonds. The first kappa shape index (κ1) is 15.5. The molecule has 2 atom stereocenters. The molecule has 0 aromatic carbocycles. The second kappa shape index (κ2) is 7.78. The number of thiophene rings is 1. The van der Waals surface area contributed by atoms with Crippen molar-refractivity contribution in [2.75, 3.05) is 7.11 Å². The molecule has 0 aliphatic rings. The maximum atomic E-state index is 11.8. The Labute approximate surface area is 117 Å². The van der Waals surface area contributed by atoms with Crippen LogP contribution in [0, 0.1) is 5.92 Å². The first-order chi connectivity index (χ1) is 9.08. The van der Waals surface area contributed by atoms with Gasteiger partial charge in [-0.25, -0.2) is 9.59 Å². The Bertz CT molecular complexity index is 406. The van der Waals surface area contributed by atoms with E-state index in [1.54, 1.807) is 11.3 Å². The molecule has 0 saturated carbocycles. The van der Waals surface area contributed by atoms with Crippen LogP contribution in [0.15, 0.2) is 17.5 Å². The second-order valence-corrected chi connectivity index (χ2v) is 5.32. The van der Waals surface area contributed by atoms with Gasteiger partial charge in [0.05, 0.1) is 13.7 Å². The molecule has 0 radical (unpaired) electrons. The predicted molar refractivity (Wildman–Crippen MR) is 74.9 cm³/mol. The van der Waals surface area contributed by atoms with Crippen molar-refractivity contribution in [1.82, 2.24) is 10.6 Å². The Kier molecular flexibility index (Phi) is 6.35. The van der Waals surface area contributed by atoms with Crippen molar-refractivity contribution in [3.63, 3.8) is 0 Å². The van der Waals surface area contributed by atoms with E-state index in [0.29, 0.717) is 6.54 Å². The number of hydrogen-bond acceptors (Lipinski definition) is 4. The summed E-state index contributed by atoms with van der Waals surface area (Å²) in [6, 6.07) is 2.90. The fourth-order valence-electron chi connectivity index (χ4n) is 1.57. The molecule has 0 aliphatic heterocycles. The maximum Gasteiger partial charge on any atom is 0.328 e. The van der Waals surface area contributed by atoms with E-state index >= 15 is 0 Å². The van der Waals surface area contributed by atoms with E-state index in [1.165, 1.54) is 7.11 Å². The average Bonchev–Trinajstić information content (AvgIpc) is 2.94. The molecule has 19 heavy (non-hydrogen) atoms. The van der Waals surface area contributed by atoms with Gasteiger partial charge in [0.15, 0.2) is 0 Å². The van der Waals surface area contributed by atoms with Crippen LogP contribution >= 0.6 is 11.3 Å². The molecular formula is C13H20N2O3S. The Morgan fingerprint density at radius 3 is 2.74 bits per heavy atom. The van der Waals surface area contributed by atoms with Crippen LogP contribution in [0.5, 0.6) is 0 Å². The molecule has 0 bridgehead atoms. The molecule has 5 nitrogen and oxygen atoms in total. The van der Waals surface area contributed by atoms with E-state index in [9.17, 15) is 9.59 Å².